The summed E-state index contributed by atoms with van der Waals surface area (Å²) in [5.41, 5.74) is 2.28. The van der Waals surface area contributed by atoms with Crippen molar-refractivity contribution in [3.63, 3.8) is 0 Å². The van der Waals surface area contributed by atoms with Gasteiger partial charge in [0, 0.05) is 24.5 Å². The first kappa shape index (κ1) is 14.5. The maximum absolute atomic E-state index is 10.2. The maximum Gasteiger partial charge on any atom is 0.0841 e. The average molecular weight is 287 g/mol. The lowest BCUT2D eigenvalue weighted by Gasteiger charge is -2.21. The molecule has 0 aliphatic heterocycles. The highest BCUT2D eigenvalue weighted by Crippen LogP contribution is 2.21. The van der Waals surface area contributed by atoms with Gasteiger partial charge in [0.05, 0.1) is 17.3 Å². The van der Waals surface area contributed by atoms with Gasteiger partial charge in [-0.05, 0) is 25.8 Å². The summed E-state index contributed by atoms with van der Waals surface area (Å²) in [4.78, 5) is 0. The molecule has 0 amide bonds. The Hall–Kier alpha value is -1.39. The number of fused-ring (bicyclic) bond motifs is 1. The van der Waals surface area contributed by atoms with Crippen LogP contribution in [0.2, 0.25) is 0 Å². The Morgan fingerprint density at radius 2 is 2.05 bits per heavy atom. The Bertz CT molecular complexity index is 593. The fraction of sp³-hybridized carbons (Fsp3) is 0.588. The Kier molecular flexibility index (Phi) is 4.56. The highest BCUT2D eigenvalue weighted by molar-refractivity contribution is 5.81. The molecule has 1 aliphatic rings. The van der Waals surface area contributed by atoms with E-state index >= 15 is 0 Å². The second-order valence-corrected chi connectivity index (χ2v) is 5.97. The van der Waals surface area contributed by atoms with Gasteiger partial charge in [-0.15, -0.1) is 0 Å². The molecule has 1 heterocycles. The molecule has 4 heteroatoms. The number of hydrogen-bond donors (Lipinski definition) is 2. The van der Waals surface area contributed by atoms with Crippen LogP contribution in [0.3, 0.4) is 0 Å². The van der Waals surface area contributed by atoms with Gasteiger partial charge in [-0.3, -0.25) is 4.68 Å². The number of aliphatic hydroxyl groups is 1. The van der Waals surface area contributed by atoms with Crippen LogP contribution >= 0.6 is 0 Å². The van der Waals surface area contributed by atoms with Crippen LogP contribution in [0.4, 0.5) is 0 Å². The molecule has 1 aromatic carbocycles. The largest absolute Gasteiger partial charge is 0.392 e. The van der Waals surface area contributed by atoms with E-state index in [0.29, 0.717) is 0 Å². The number of aryl methyl sites for hydroxylation is 1. The van der Waals surface area contributed by atoms with Gasteiger partial charge in [0.15, 0.2) is 0 Å². The maximum atomic E-state index is 10.2. The van der Waals surface area contributed by atoms with E-state index in [9.17, 15) is 5.11 Å². The first-order chi connectivity index (χ1) is 10.3. The molecular formula is C17H25N3O. The van der Waals surface area contributed by atoms with E-state index in [0.717, 1.165) is 38.0 Å². The summed E-state index contributed by atoms with van der Waals surface area (Å²) < 4.78 is 2.05. The van der Waals surface area contributed by atoms with E-state index in [2.05, 4.69) is 41.2 Å². The van der Waals surface area contributed by atoms with Crippen molar-refractivity contribution >= 4 is 10.9 Å². The summed E-state index contributed by atoms with van der Waals surface area (Å²) in [5.74, 6) is 0. The molecule has 2 N–H and O–H groups in total. The molecule has 2 unspecified atom stereocenters. The van der Waals surface area contributed by atoms with Crippen molar-refractivity contribution in [2.24, 2.45) is 0 Å². The molecular weight excluding hydrogens is 262 g/mol. The van der Waals surface area contributed by atoms with Crippen LogP contribution in [0.1, 0.15) is 44.7 Å². The number of aromatic nitrogens is 2. The zero-order valence-electron chi connectivity index (χ0n) is 12.8. The molecule has 3 rings (SSSR count). The predicted molar refractivity (Wildman–Crippen MR) is 85.1 cm³/mol. The normalized spacial score (nSPS) is 23.3. The van der Waals surface area contributed by atoms with Gasteiger partial charge < -0.3 is 10.4 Å². The predicted octanol–water partition coefficient (Wildman–Crippen LogP) is 2.84. The van der Waals surface area contributed by atoms with Crippen LogP contribution in [-0.4, -0.2) is 27.0 Å². The Balaban J connectivity index is 1.75. The van der Waals surface area contributed by atoms with Crippen molar-refractivity contribution in [3.05, 3.63) is 30.0 Å². The number of aliphatic hydroxyl groups excluding tert-OH is 1. The molecule has 2 aromatic rings. The summed E-state index contributed by atoms with van der Waals surface area (Å²) in [6.45, 7) is 3.73. The molecule has 0 bridgehead atoms. The molecule has 0 spiro atoms. The minimum absolute atomic E-state index is 0.207. The van der Waals surface area contributed by atoms with Crippen molar-refractivity contribution in [2.45, 2.75) is 64.3 Å². The van der Waals surface area contributed by atoms with Crippen LogP contribution in [0.5, 0.6) is 0 Å². The number of para-hydroxylation sites is 1. The fourth-order valence-corrected chi connectivity index (χ4v) is 3.32. The molecule has 2 atom stereocenters. The minimum atomic E-state index is -0.216. The van der Waals surface area contributed by atoms with Crippen LogP contribution in [0, 0.1) is 0 Å². The summed E-state index contributed by atoms with van der Waals surface area (Å²) >= 11 is 0. The van der Waals surface area contributed by atoms with Crippen molar-refractivity contribution in [2.75, 3.05) is 0 Å². The Labute approximate surface area is 126 Å². The third-order valence-corrected chi connectivity index (χ3v) is 4.55. The number of benzene rings is 1. The SMILES string of the molecule is CCn1nc(CNC2CCCCCC2O)c2ccccc21. The molecule has 1 aromatic heterocycles. The molecule has 21 heavy (non-hydrogen) atoms. The zero-order valence-corrected chi connectivity index (χ0v) is 12.8. The quantitative estimate of drug-likeness (QED) is 0.850. The van der Waals surface area contributed by atoms with E-state index in [1.54, 1.807) is 0 Å². The first-order valence-corrected chi connectivity index (χ1v) is 8.15. The van der Waals surface area contributed by atoms with Crippen LogP contribution in [-0.2, 0) is 13.1 Å². The molecule has 4 nitrogen and oxygen atoms in total. The van der Waals surface area contributed by atoms with Gasteiger partial charge in [-0.1, -0.05) is 37.5 Å². The topological polar surface area (TPSA) is 50.1 Å². The average Bonchev–Trinajstić information content (AvgIpc) is 2.74. The van der Waals surface area contributed by atoms with E-state index in [4.69, 9.17) is 5.10 Å². The fourth-order valence-electron chi connectivity index (χ4n) is 3.32. The third kappa shape index (κ3) is 3.11. The zero-order chi connectivity index (χ0) is 14.7. The smallest absolute Gasteiger partial charge is 0.0841 e. The van der Waals surface area contributed by atoms with E-state index in [1.807, 2.05) is 0 Å². The summed E-state index contributed by atoms with van der Waals surface area (Å²) in [7, 11) is 0. The van der Waals surface area contributed by atoms with Crippen LogP contribution < -0.4 is 5.32 Å². The van der Waals surface area contributed by atoms with E-state index in [1.165, 1.54) is 23.7 Å². The number of nitrogens with zero attached hydrogens (tertiary/aromatic N) is 2. The first-order valence-electron chi connectivity index (χ1n) is 8.15. The molecule has 1 saturated carbocycles. The second-order valence-electron chi connectivity index (χ2n) is 5.97. The third-order valence-electron chi connectivity index (χ3n) is 4.55. The van der Waals surface area contributed by atoms with Gasteiger partial charge >= 0.3 is 0 Å². The lowest BCUT2D eigenvalue weighted by atomic mass is 10.1. The summed E-state index contributed by atoms with van der Waals surface area (Å²) in [6.07, 6.45) is 5.36. The van der Waals surface area contributed by atoms with Crippen LogP contribution in [0.15, 0.2) is 24.3 Å². The van der Waals surface area contributed by atoms with Gasteiger partial charge in [0.1, 0.15) is 0 Å². The monoisotopic (exact) mass is 287 g/mol. The van der Waals surface area contributed by atoms with Crippen molar-refractivity contribution in [3.8, 4) is 0 Å². The van der Waals surface area contributed by atoms with E-state index in [-0.39, 0.29) is 12.1 Å². The lowest BCUT2D eigenvalue weighted by molar-refractivity contribution is 0.119. The molecule has 0 saturated heterocycles. The van der Waals surface area contributed by atoms with Gasteiger partial charge in [0.2, 0.25) is 0 Å². The molecule has 1 aliphatic carbocycles. The standard InChI is InChI=1S/C17H25N3O/c1-2-20-16-10-7-6-8-13(16)15(19-20)12-18-14-9-4-3-5-11-17(14)21/h6-8,10,14,17-18,21H,2-5,9,11-12H2,1H3. The summed E-state index contributed by atoms with van der Waals surface area (Å²) in [6, 6.07) is 8.58. The Morgan fingerprint density at radius 1 is 1.24 bits per heavy atom. The Morgan fingerprint density at radius 3 is 2.90 bits per heavy atom. The van der Waals surface area contributed by atoms with Gasteiger partial charge in [-0.25, -0.2) is 0 Å². The van der Waals surface area contributed by atoms with Crippen molar-refractivity contribution in [1.82, 2.24) is 15.1 Å². The molecule has 114 valence electrons. The second kappa shape index (κ2) is 6.58. The van der Waals surface area contributed by atoms with E-state index < -0.39 is 0 Å². The highest BCUT2D eigenvalue weighted by atomic mass is 16.3. The molecule has 1 fully saturated rings. The number of rotatable bonds is 4. The van der Waals surface area contributed by atoms with Crippen molar-refractivity contribution in [1.29, 1.82) is 0 Å². The number of nitrogens with one attached hydrogen (secondary N) is 1. The minimum Gasteiger partial charge on any atom is -0.392 e. The van der Waals surface area contributed by atoms with Crippen molar-refractivity contribution < 1.29 is 5.11 Å². The van der Waals surface area contributed by atoms with Gasteiger partial charge in [0.25, 0.3) is 0 Å². The highest BCUT2D eigenvalue weighted by Gasteiger charge is 2.21. The van der Waals surface area contributed by atoms with Gasteiger partial charge in [-0.2, -0.15) is 5.10 Å². The number of hydrogen-bond acceptors (Lipinski definition) is 3. The molecule has 0 radical (unpaired) electrons. The lowest BCUT2D eigenvalue weighted by Crippen LogP contribution is -2.38. The summed E-state index contributed by atoms with van der Waals surface area (Å²) in [5, 5.41) is 19.7. The van der Waals surface area contributed by atoms with Crippen LogP contribution in [0.25, 0.3) is 10.9 Å².